The Kier molecular flexibility index (Phi) is 3.94. The van der Waals surface area contributed by atoms with Gasteiger partial charge >= 0.3 is 0 Å². The van der Waals surface area contributed by atoms with Gasteiger partial charge in [-0.15, -0.1) is 0 Å². The maximum atomic E-state index is 12.1. The molecule has 0 aliphatic heterocycles. The number of hydrogen-bond donors (Lipinski definition) is 1. The molecule has 0 spiro atoms. The number of halogens is 1. The van der Waals surface area contributed by atoms with Gasteiger partial charge in [-0.2, -0.15) is 5.10 Å². The largest absolute Gasteiger partial charge is 0.321 e. The molecule has 1 heterocycles. The summed E-state index contributed by atoms with van der Waals surface area (Å²) in [6, 6.07) is 17.7. The number of benzene rings is 2. The lowest BCUT2D eigenvalue weighted by Crippen LogP contribution is -2.13. The third-order valence-corrected chi connectivity index (χ3v) is 3.53. The van der Waals surface area contributed by atoms with E-state index >= 15 is 0 Å². The topological polar surface area (TPSA) is 46.9 Å². The Labute approximate surface area is 133 Å². The summed E-state index contributed by atoms with van der Waals surface area (Å²) in [4.78, 5) is 12.1. The van der Waals surface area contributed by atoms with E-state index < -0.39 is 0 Å². The summed E-state index contributed by atoms with van der Waals surface area (Å²) in [6.45, 7) is 0. The molecule has 22 heavy (non-hydrogen) atoms. The molecule has 1 aromatic heterocycles. The SMILES string of the molecule is Cn1cc(Cl)c(C(=O)Nc2ccc(-c3ccccc3)cc2)n1. The normalized spacial score (nSPS) is 10.5. The molecule has 0 atom stereocenters. The minimum atomic E-state index is -0.321. The van der Waals surface area contributed by atoms with Crippen molar-refractivity contribution in [3.63, 3.8) is 0 Å². The van der Waals surface area contributed by atoms with E-state index in [-0.39, 0.29) is 11.6 Å². The summed E-state index contributed by atoms with van der Waals surface area (Å²) in [6.07, 6.45) is 1.59. The van der Waals surface area contributed by atoms with Gasteiger partial charge in [-0.3, -0.25) is 9.48 Å². The van der Waals surface area contributed by atoms with E-state index in [4.69, 9.17) is 11.6 Å². The molecule has 0 aliphatic rings. The Morgan fingerprint density at radius 2 is 1.68 bits per heavy atom. The van der Waals surface area contributed by atoms with E-state index in [2.05, 4.69) is 10.4 Å². The van der Waals surface area contributed by atoms with E-state index in [0.717, 1.165) is 11.1 Å². The number of nitrogens with one attached hydrogen (secondary N) is 1. The second-order valence-corrected chi connectivity index (χ2v) is 5.30. The second kappa shape index (κ2) is 6.03. The van der Waals surface area contributed by atoms with Gasteiger partial charge in [0, 0.05) is 18.9 Å². The Morgan fingerprint density at radius 3 is 2.27 bits per heavy atom. The number of carbonyl (C=O) groups excluding carboxylic acids is 1. The zero-order chi connectivity index (χ0) is 15.5. The molecule has 3 aromatic rings. The van der Waals surface area contributed by atoms with Crippen molar-refractivity contribution in [2.24, 2.45) is 7.05 Å². The molecule has 0 radical (unpaired) electrons. The lowest BCUT2D eigenvalue weighted by Gasteiger charge is -2.06. The third kappa shape index (κ3) is 3.02. The fourth-order valence-corrected chi connectivity index (χ4v) is 2.45. The van der Waals surface area contributed by atoms with Crippen molar-refractivity contribution < 1.29 is 4.79 Å². The van der Waals surface area contributed by atoms with E-state index in [1.165, 1.54) is 4.68 Å². The molecule has 0 saturated heterocycles. The van der Waals surface area contributed by atoms with Crippen LogP contribution in [0.1, 0.15) is 10.5 Å². The van der Waals surface area contributed by atoms with Gasteiger partial charge in [0.25, 0.3) is 5.91 Å². The highest BCUT2D eigenvalue weighted by atomic mass is 35.5. The van der Waals surface area contributed by atoms with E-state index in [1.807, 2.05) is 54.6 Å². The highest BCUT2D eigenvalue weighted by Crippen LogP contribution is 2.22. The van der Waals surface area contributed by atoms with Gasteiger partial charge in [0.2, 0.25) is 0 Å². The van der Waals surface area contributed by atoms with Gasteiger partial charge in [-0.05, 0) is 23.3 Å². The van der Waals surface area contributed by atoms with Crippen LogP contribution in [0.15, 0.2) is 60.8 Å². The first-order valence-electron chi connectivity index (χ1n) is 6.79. The summed E-state index contributed by atoms with van der Waals surface area (Å²) in [5, 5.41) is 7.17. The maximum Gasteiger partial charge on any atom is 0.277 e. The van der Waals surface area contributed by atoms with Crippen molar-refractivity contribution in [2.45, 2.75) is 0 Å². The van der Waals surface area contributed by atoms with Gasteiger partial charge in [0.1, 0.15) is 0 Å². The molecule has 0 aliphatic carbocycles. The average molecular weight is 312 g/mol. The van der Waals surface area contributed by atoms with Crippen LogP contribution < -0.4 is 5.32 Å². The zero-order valence-electron chi connectivity index (χ0n) is 12.0. The van der Waals surface area contributed by atoms with Crippen LogP contribution in [0.2, 0.25) is 5.02 Å². The molecule has 110 valence electrons. The van der Waals surface area contributed by atoms with Crippen molar-refractivity contribution in [2.75, 3.05) is 5.32 Å². The number of rotatable bonds is 3. The van der Waals surface area contributed by atoms with Crippen molar-refractivity contribution in [3.8, 4) is 11.1 Å². The van der Waals surface area contributed by atoms with Gasteiger partial charge in [-0.1, -0.05) is 54.1 Å². The number of aryl methyl sites for hydroxylation is 1. The Hall–Kier alpha value is -2.59. The molecule has 5 heteroatoms. The quantitative estimate of drug-likeness (QED) is 0.795. The van der Waals surface area contributed by atoms with Crippen LogP contribution in [0.3, 0.4) is 0 Å². The fourth-order valence-electron chi connectivity index (χ4n) is 2.18. The molecule has 0 bridgehead atoms. The number of amides is 1. The minimum absolute atomic E-state index is 0.219. The van der Waals surface area contributed by atoms with Gasteiger partial charge in [-0.25, -0.2) is 0 Å². The van der Waals surface area contributed by atoms with E-state index in [9.17, 15) is 4.79 Å². The number of aromatic nitrogens is 2. The lowest BCUT2D eigenvalue weighted by molar-refractivity contribution is 0.102. The Balaban J connectivity index is 1.76. The first-order chi connectivity index (χ1) is 10.6. The summed E-state index contributed by atoms with van der Waals surface area (Å²) in [5.74, 6) is -0.321. The fraction of sp³-hybridized carbons (Fsp3) is 0.0588. The summed E-state index contributed by atoms with van der Waals surface area (Å²) in [7, 11) is 1.72. The second-order valence-electron chi connectivity index (χ2n) is 4.90. The zero-order valence-corrected chi connectivity index (χ0v) is 12.7. The molecule has 0 fully saturated rings. The molecule has 1 N–H and O–H groups in total. The predicted molar refractivity (Wildman–Crippen MR) is 88.0 cm³/mol. The van der Waals surface area contributed by atoms with E-state index in [0.29, 0.717) is 10.7 Å². The smallest absolute Gasteiger partial charge is 0.277 e. The minimum Gasteiger partial charge on any atom is -0.321 e. The molecule has 1 amide bonds. The van der Waals surface area contributed by atoms with Crippen LogP contribution in [-0.4, -0.2) is 15.7 Å². The van der Waals surface area contributed by atoms with Crippen LogP contribution in [0.5, 0.6) is 0 Å². The van der Waals surface area contributed by atoms with Crippen LogP contribution in [0, 0.1) is 0 Å². The molecular formula is C17H14ClN3O. The Bertz CT molecular complexity index is 795. The molecule has 4 nitrogen and oxygen atoms in total. The standard InChI is InChI=1S/C17H14ClN3O/c1-21-11-15(18)16(20-21)17(22)19-14-9-7-13(8-10-14)12-5-3-2-4-6-12/h2-11H,1H3,(H,19,22). The lowest BCUT2D eigenvalue weighted by atomic mass is 10.1. The Morgan fingerprint density at radius 1 is 1.05 bits per heavy atom. The monoisotopic (exact) mass is 311 g/mol. The molecule has 3 rings (SSSR count). The first-order valence-corrected chi connectivity index (χ1v) is 7.17. The van der Waals surface area contributed by atoms with Crippen LogP contribution >= 0.6 is 11.6 Å². The molecule has 0 saturated carbocycles. The van der Waals surface area contributed by atoms with Gasteiger partial charge in [0.15, 0.2) is 5.69 Å². The van der Waals surface area contributed by atoms with Crippen molar-refractivity contribution >= 4 is 23.2 Å². The predicted octanol–water partition coefficient (Wildman–Crippen LogP) is 3.99. The van der Waals surface area contributed by atoms with E-state index in [1.54, 1.807) is 13.2 Å². The van der Waals surface area contributed by atoms with Gasteiger partial charge in [0.05, 0.1) is 5.02 Å². The molecular weight excluding hydrogens is 298 g/mol. The van der Waals surface area contributed by atoms with Crippen LogP contribution in [-0.2, 0) is 7.05 Å². The summed E-state index contributed by atoms with van der Waals surface area (Å²) in [5.41, 5.74) is 3.14. The van der Waals surface area contributed by atoms with Crippen molar-refractivity contribution in [1.29, 1.82) is 0 Å². The number of hydrogen-bond acceptors (Lipinski definition) is 2. The number of nitrogens with zero attached hydrogens (tertiary/aromatic N) is 2. The summed E-state index contributed by atoms with van der Waals surface area (Å²) >= 11 is 5.97. The van der Waals surface area contributed by atoms with Crippen molar-refractivity contribution in [3.05, 3.63) is 71.5 Å². The highest BCUT2D eigenvalue weighted by Gasteiger charge is 2.14. The third-order valence-electron chi connectivity index (χ3n) is 3.25. The van der Waals surface area contributed by atoms with Crippen molar-refractivity contribution in [1.82, 2.24) is 9.78 Å². The van der Waals surface area contributed by atoms with Crippen LogP contribution in [0.25, 0.3) is 11.1 Å². The van der Waals surface area contributed by atoms with Gasteiger partial charge < -0.3 is 5.32 Å². The first kappa shape index (κ1) is 14.4. The summed E-state index contributed by atoms with van der Waals surface area (Å²) < 4.78 is 1.51. The van der Waals surface area contributed by atoms with Crippen LogP contribution in [0.4, 0.5) is 5.69 Å². The molecule has 2 aromatic carbocycles. The number of carbonyl (C=O) groups is 1. The highest BCUT2D eigenvalue weighted by molar-refractivity contribution is 6.34. The maximum absolute atomic E-state index is 12.1. The molecule has 0 unspecified atom stereocenters. The average Bonchev–Trinajstić information content (AvgIpc) is 2.88. The number of anilines is 1.